The van der Waals surface area contributed by atoms with Crippen LogP contribution in [0.1, 0.15) is 38.8 Å². The number of hydrogen-bond acceptors (Lipinski definition) is 4. The first-order chi connectivity index (χ1) is 9.56. The molecule has 110 valence electrons. The monoisotopic (exact) mass is 276 g/mol. The van der Waals surface area contributed by atoms with Gasteiger partial charge in [0.2, 0.25) is 0 Å². The van der Waals surface area contributed by atoms with E-state index in [1.54, 1.807) is 0 Å². The molecule has 4 nitrogen and oxygen atoms in total. The largest absolute Gasteiger partial charge is 0.396 e. The molecule has 0 amide bonds. The molecule has 0 aromatic heterocycles. The molecular weight excluding hydrogens is 252 g/mol. The van der Waals surface area contributed by atoms with E-state index in [1.807, 2.05) is 52.0 Å². The number of rotatable bonds is 8. The minimum atomic E-state index is -0.140. The third-order valence-electron chi connectivity index (χ3n) is 2.87. The van der Waals surface area contributed by atoms with Crippen LogP contribution in [0.25, 0.3) is 0 Å². The predicted octanol–water partition coefficient (Wildman–Crippen LogP) is 2.56. The molecule has 0 aliphatic carbocycles. The van der Waals surface area contributed by atoms with Crippen molar-refractivity contribution >= 4 is 12.0 Å². The summed E-state index contributed by atoms with van der Waals surface area (Å²) < 4.78 is 0. The lowest BCUT2D eigenvalue weighted by atomic mass is 10.0. The summed E-state index contributed by atoms with van der Waals surface area (Å²) in [6.07, 6.45) is 1.67. The maximum Gasteiger partial charge on any atom is 0.137 e. The van der Waals surface area contributed by atoms with Gasteiger partial charge in [-0.15, -0.1) is 0 Å². The van der Waals surface area contributed by atoms with Crippen LogP contribution in [0.5, 0.6) is 0 Å². The molecule has 20 heavy (non-hydrogen) atoms. The van der Waals surface area contributed by atoms with Gasteiger partial charge in [-0.3, -0.25) is 0 Å². The molecule has 1 N–H and O–H groups in total. The average molecular weight is 276 g/mol. The average Bonchev–Trinajstić information content (AvgIpc) is 2.44. The maximum absolute atomic E-state index is 11.0. The highest BCUT2D eigenvalue weighted by atomic mass is 16.6. The van der Waals surface area contributed by atoms with Gasteiger partial charge in [0.05, 0.1) is 11.8 Å². The normalized spacial score (nSPS) is 13.3. The Hall–Kier alpha value is -1.68. The topological polar surface area (TPSA) is 50.7 Å². The first-order valence-corrected chi connectivity index (χ1v) is 7.04. The van der Waals surface area contributed by atoms with Crippen LogP contribution < -0.4 is 5.32 Å². The molecule has 0 saturated carbocycles. The number of benzene rings is 1. The number of nitrogens with zero attached hydrogens (tertiary/aromatic N) is 1. The van der Waals surface area contributed by atoms with E-state index in [4.69, 9.17) is 4.84 Å². The van der Waals surface area contributed by atoms with E-state index in [9.17, 15) is 4.79 Å². The molecule has 1 atom stereocenters. The van der Waals surface area contributed by atoms with Gasteiger partial charge in [-0.2, -0.15) is 0 Å². The Balaban J connectivity index is 2.68. The van der Waals surface area contributed by atoms with Crippen LogP contribution in [0, 0.1) is 0 Å². The minimum Gasteiger partial charge on any atom is -0.396 e. The van der Waals surface area contributed by atoms with Crippen molar-refractivity contribution in [1.29, 1.82) is 0 Å². The fourth-order valence-corrected chi connectivity index (χ4v) is 1.92. The fraction of sp³-hybridized carbons (Fsp3) is 0.500. The number of carbonyl (C=O) groups is 1. The van der Waals surface area contributed by atoms with Crippen LogP contribution >= 0.6 is 0 Å². The summed E-state index contributed by atoms with van der Waals surface area (Å²) in [6.45, 7) is 8.46. The highest BCUT2D eigenvalue weighted by Gasteiger charge is 2.09. The Kier molecular flexibility index (Phi) is 6.94. The molecule has 0 aliphatic heterocycles. The van der Waals surface area contributed by atoms with E-state index in [1.165, 1.54) is 0 Å². The number of carbonyl (C=O) groups excluding carboxylic acids is 1. The molecule has 0 aliphatic rings. The van der Waals surface area contributed by atoms with Crippen molar-refractivity contribution in [1.82, 2.24) is 5.32 Å². The van der Waals surface area contributed by atoms with Gasteiger partial charge < -0.3 is 14.9 Å². The Bertz CT molecular complexity index is 438. The third kappa shape index (κ3) is 5.53. The molecule has 0 heterocycles. The van der Waals surface area contributed by atoms with Gasteiger partial charge in [0.15, 0.2) is 0 Å². The Morgan fingerprint density at radius 3 is 2.50 bits per heavy atom. The summed E-state index contributed by atoms with van der Waals surface area (Å²) in [6, 6.07) is 8.22. The second kappa shape index (κ2) is 8.48. The molecule has 0 radical (unpaired) electrons. The van der Waals surface area contributed by atoms with Crippen LogP contribution in [0.4, 0.5) is 0 Å². The van der Waals surface area contributed by atoms with Gasteiger partial charge in [0.1, 0.15) is 12.9 Å². The van der Waals surface area contributed by atoms with E-state index in [0.29, 0.717) is 19.1 Å². The van der Waals surface area contributed by atoms with Gasteiger partial charge in [-0.05, 0) is 31.4 Å². The van der Waals surface area contributed by atoms with Gasteiger partial charge in [-0.25, -0.2) is 0 Å². The highest BCUT2D eigenvalue weighted by molar-refractivity contribution is 5.98. The molecule has 0 saturated heterocycles. The van der Waals surface area contributed by atoms with Crippen molar-refractivity contribution < 1.29 is 9.63 Å². The Morgan fingerprint density at radius 1 is 1.35 bits per heavy atom. The zero-order chi connectivity index (χ0) is 15.0. The molecule has 0 bridgehead atoms. The highest BCUT2D eigenvalue weighted by Crippen LogP contribution is 2.08. The van der Waals surface area contributed by atoms with Crippen molar-refractivity contribution in [3.8, 4) is 0 Å². The Morgan fingerprint density at radius 2 is 2.00 bits per heavy atom. The van der Waals surface area contributed by atoms with Gasteiger partial charge in [0.25, 0.3) is 0 Å². The molecule has 1 unspecified atom stereocenters. The van der Waals surface area contributed by atoms with E-state index in [0.717, 1.165) is 23.1 Å². The lowest BCUT2D eigenvalue weighted by Crippen LogP contribution is -2.37. The molecule has 1 aromatic rings. The van der Waals surface area contributed by atoms with Crippen LogP contribution in [0.15, 0.2) is 29.4 Å². The summed E-state index contributed by atoms with van der Waals surface area (Å²) in [5, 5.41) is 7.24. The first-order valence-electron chi connectivity index (χ1n) is 7.04. The quantitative estimate of drug-likeness (QED) is 0.451. The Labute approximate surface area is 121 Å². The van der Waals surface area contributed by atoms with Crippen LogP contribution in [0.3, 0.4) is 0 Å². The number of oxime groups is 1. The lowest BCUT2D eigenvalue weighted by molar-refractivity contribution is -0.109. The number of aldehydes is 1. The predicted molar refractivity (Wildman–Crippen MR) is 82.1 cm³/mol. The van der Waals surface area contributed by atoms with E-state index < -0.39 is 0 Å². The summed E-state index contributed by atoms with van der Waals surface area (Å²) in [5.41, 5.74) is 3.01. The summed E-state index contributed by atoms with van der Waals surface area (Å²) in [4.78, 5) is 16.1. The fourth-order valence-electron chi connectivity index (χ4n) is 1.92. The zero-order valence-corrected chi connectivity index (χ0v) is 12.7. The van der Waals surface area contributed by atoms with Crippen molar-refractivity contribution in [3.05, 3.63) is 35.4 Å². The first kappa shape index (κ1) is 16.4. The number of nitrogens with one attached hydrogen (secondary N) is 1. The minimum absolute atomic E-state index is 0.140. The summed E-state index contributed by atoms with van der Waals surface area (Å²) >= 11 is 0. The van der Waals surface area contributed by atoms with Crippen molar-refractivity contribution in [3.63, 3.8) is 0 Å². The molecule has 1 rings (SSSR count). The van der Waals surface area contributed by atoms with E-state index >= 15 is 0 Å². The molecule has 4 heteroatoms. The second-order valence-electron chi connectivity index (χ2n) is 5.06. The van der Waals surface area contributed by atoms with Crippen molar-refractivity contribution in [2.24, 2.45) is 5.16 Å². The van der Waals surface area contributed by atoms with Crippen LogP contribution in [0.2, 0.25) is 0 Å². The smallest absolute Gasteiger partial charge is 0.137 e. The van der Waals surface area contributed by atoms with Crippen molar-refractivity contribution in [2.45, 2.75) is 46.2 Å². The van der Waals surface area contributed by atoms with Gasteiger partial charge >= 0.3 is 0 Å². The summed E-state index contributed by atoms with van der Waals surface area (Å²) in [5.74, 6) is 0. The second-order valence-corrected chi connectivity index (χ2v) is 5.06. The molecular formula is C16H24N2O2. The SMILES string of the molecule is CCO/N=C(/C)c1ccc(CC(C=O)NC(C)C)cc1. The summed E-state index contributed by atoms with van der Waals surface area (Å²) in [7, 11) is 0. The maximum atomic E-state index is 11.0. The molecule has 0 spiro atoms. The standard InChI is InChI=1S/C16H24N2O2/c1-5-20-18-13(4)15-8-6-14(7-9-15)10-16(11-19)17-12(2)3/h6-9,11-12,16-17H,5,10H2,1-4H3/b18-13-. The molecule has 1 aromatic carbocycles. The number of hydrogen-bond donors (Lipinski definition) is 1. The van der Waals surface area contributed by atoms with Crippen LogP contribution in [-0.4, -0.2) is 30.7 Å². The van der Waals surface area contributed by atoms with E-state index in [-0.39, 0.29) is 6.04 Å². The lowest BCUT2D eigenvalue weighted by Gasteiger charge is -2.15. The zero-order valence-electron chi connectivity index (χ0n) is 12.7. The van der Waals surface area contributed by atoms with Crippen LogP contribution in [-0.2, 0) is 16.1 Å². The van der Waals surface area contributed by atoms with Crippen molar-refractivity contribution in [2.75, 3.05) is 6.61 Å². The molecule has 0 fully saturated rings. The van der Waals surface area contributed by atoms with Gasteiger partial charge in [0, 0.05) is 6.04 Å². The third-order valence-corrected chi connectivity index (χ3v) is 2.87. The van der Waals surface area contributed by atoms with Gasteiger partial charge in [-0.1, -0.05) is 43.3 Å². The van der Waals surface area contributed by atoms with E-state index in [2.05, 4.69) is 10.5 Å².